The summed E-state index contributed by atoms with van der Waals surface area (Å²) in [5.41, 5.74) is -0.404. The molecule has 0 aromatic heterocycles. The van der Waals surface area contributed by atoms with Crippen molar-refractivity contribution in [2.75, 3.05) is 30.9 Å². The van der Waals surface area contributed by atoms with Crippen LogP contribution in [0, 0.1) is 0 Å². The van der Waals surface area contributed by atoms with E-state index in [4.69, 9.17) is 9.69 Å². The Morgan fingerprint density at radius 3 is 1.67 bits per heavy atom. The van der Waals surface area contributed by atoms with E-state index in [0.29, 0.717) is 0 Å². The smallest absolute Gasteiger partial charge is 0.264 e. The second-order valence-electron chi connectivity index (χ2n) is 6.43. The third-order valence-corrected chi connectivity index (χ3v) is 6.33. The van der Waals surface area contributed by atoms with Gasteiger partial charge in [0.1, 0.15) is 9.84 Å². The van der Waals surface area contributed by atoms with Gasteiger partial charge in [0.15, 0.2) is 0 Å². The number of hydrogen-bond donors (Lipinski definition) is 4. The van der Waals surface area contributed by atoms with Crippen LogP contribution in [0.15, 0.2) is 23.1 Å². The number of nitrogens with one attached hydrogen (secondary N) is 2. The maximum absolute atomic E-state index is 12.3. The summed E-state index contributed by atoms with van der Waals surface area (Å²) in [6.07, 6.45) is 1.10. The highest BCUT2D eigenvalue weighted by Crippen LogP contribution is 2.15. The number of hydrogen-bond acceptors (Lipinski definition) is 8. The minimum Gasteiger partial charge on any atom is -0.352 e. The molecule has 1 aromatic rings. The van der Waals surface area contributed by atoms with Gasteiger partial charge in [-0.1, -0.05) is 0 Å². The lowest BCUT2D eigenvalue weighted by molar-refractivity contribution is 0.0953. The molecule has 0 aliphatic heterocycles. The summed E-state index contributed by atoms with van der Waals surface area (Å²) in [5.74, 6) is -2.26. The molecule has 0 fully saturated rings. The van der Waals surface area contributed by atoms with Crippen LogP contribution < -0.4 is 15.8 Å². The molecule has 5 N–H and O–H groups in total. The van der Waals surface area contributed by atoms with Crippen molar-refractivity contribution in [2.24, 2.45) is 5.14 Å². The van der Waals surface area contributed by atoms with E-state index in [1.54, 1.807) is 0 Å². The van der Waals surface area contributed by atoms with Crippen LogP contribution in [0.4, 0.5) is 0 Å². The van der Waals surface area contributed by atoms with Crippen molar-refractivity contribution < 1.29 is 39.4 Å². The Morgan fingerprint density at radius 2 is 1.30 bits per heavy atom. The highest BCUT2D eigenvalue weighted by Gasteiger charge is 2.18. The highest BCUT2D eigenvalue weighted by atomic mass is 32.2. The Labute approximate surface area is 174 Å². The number of amides is 2. The fraction of sp³-hybridized carbons (Fsp3) is 0.467. The van der Waals surface area contributed by atoms with Gasteiger partial charge in [0.05, 0.1) is 16.4 Å². The minimum atomic E-state index is -4.26. The molecule has 0 spiro atoms. The van der Waals surface area contributed by atoms with Crippen LogP contribution in [-0.2, 0) is 30.0 Å². The molecule has 0 bridgehead atoms. The van der Waals surface area contributed by atoms with E-state index in [2.05, 4.69) is 10.6 Å². The molecule has 2 amide bonds. The predicted octanol–water partition coefficient (Wildman–Crippen LogP) is -1.49. The van der Waals surface area contributed by atoms with Gasteiger partial charge in [-0.05, 0) is 31.0 Å². The van der Waals surface area contributed by atoms with Gasteiger partial charge in [0.25, 0.3) is 21.9 Å². The lowest BCUT2D eigenvalue weighted by atomic mass is 10.1. The van der Waals surface area contributed by atoms with Crippen molar-refractivity contribution in [3.63, 3.8) is 0 Å². The Hall–Kier alpha value is -2.07. The maximum atomic E-state index is 12.3. The number of sulfonamides is 1. The number of carbonyl (C=O) groups is 2. The monoisotopic (exact) mass is 485 g/mol. The first-order chi connectivity index (χ1) is 13.6. The first kappa shape index (κ1) is 26.0. The zero-order valence-electron chi connectivity index (χ0n) is 16.0. The lowest BCUT2D eigenvalue weighted by Gasteiger charge is -2.10. The normalized spacial score (nSPS) is 12.4. The zero-order chi connectivity index (χ0) is 23.2. The van der Waals surface area contributed by atoms with E-state index >= 15 is 0 Å². The summed E-state index contributed by atoms with van der Waals surface area (Å²) in [6, 6.07) is 3.03. The molecule has 1 rings (SSSR count). The van der Waals surface area contributed by atoms with Crippen LogP contribution in [-0.4, -0.2) is 72.5 Å². The van der Waals surface area contributed by atoms with E-state index in [1.807, 2.05) is 0 Å². The summed E-state index contributed by atoms with van der Waals surface area (Å²) in [5, 5.41) is 9.84. The molecule has 0 heterocycles. The van der Waals surface area contributed by atoms with Gasteiger partial charge in [-0.3, -0.25) is 14.1 Å². The molecule has 0 unspecified atom stereocenters. The predicted molar refractivity (Wildman–Crippen MR) is 108 cm³/mol. The molecule has 1 aromatic carbocycles. The molecule has 15 heteroatoms. The molecule has 0 aliphatic rings. The maximum Gasteiger partial charge on any atom is 0.264 e. The summed E-state index contributed by atoms with van der Waals surface area (Å²) in [7, 11) is -11.6. The average molecular weight is 486 g/mol. The van der Waals surface area contributed by atoms with E-state index in [0.717, 1.165) is 24.5 Å². The van der Waals surface area contributed by atoms with Crippen LogP contribution in [0.5, 0.6) is 0 Å². The zero-order valence-corrected chi connectivity index (χ0v) is 18.4. The van der Waals surface area contributed by atoms with Crippen LogP contribution in [0.1, 0.15) is 33.6 Å². The Morgan fingerprint density at radius 1 is 0.867 bits per heavy atom. The number of carbonyl (C=O) groups excluding carboxylic acids is 2. The van der Waals surface area contributed by atoms with Crippen molar-refractivity contribution in [1.29, 1.82) is 0 Å². The molecule has 0 saturated heterocycles. The van der Waals surface area contributed by atoms with Crippen molar-refractivity contribution in [3.05, 3.63) is 29.3 Å². The average Bonchev–Trinajstić information content (AvgIpc) is 2.59. The number of primary sulfonamides is 1. The standard InChI is InChI=1S/C15H23N3O9S3/c1-28(21,22)6-2-4-17-14(19)11-8-12(10-13(9-11)30(16,26)27)15(20)18-5-3-7-29(23,24)25/h8-10H,2-7H2,1H3,(H,17,19)(H,18,20)(H2,16,26,27)(H,23,24,25). The highest BCUT2D eigenvalue weighted by molar-refractivity contribution is 7.90. The third-order valence-electron chi connectivity index (χ3n) is 3.60. The fourth-order valence-electron chi connectivity index (χ4n) is 2.22. The van der Waals surface area contributed by atoms with Crippen molar-refractivity contribution in [2.45, 2.75) is 17.7 Å². The summed E-state index contributed by atoms with van der Waals surface area (Å²) >= 11 is 0. The Kier molecular flexibility index (Phi) is 8.91. The van der Waals surface area contributed by atoms with Gasteiger partial charge in [0.2, 0.25) is 10.0 Å². The lowest BCUT2D eigenvalue weighted by Crippen LogP contribution is -2.29. The quantitative estimate of drug-likeness (QED) is 0.212. The SMILES string of the molecule is CS(=O)(=O)CCCNC(=O)c1cc(C(=O)NCCCS(=O)(=O)O)cc(S(N)(=O)=O)c1. The van der Waals surface area contributed by atoms with Crippen LogP contribution in [0.2, 0.25) is 0 Å². The van der Waals surface area contributed by atoms with E-state index < -0.39 is 52.4 Å². The van der Waals surface area contributed by atoms with Crippen LogP contribution in [0.3, 0.4) is 0 Å². The van der Waals surface area contributed by atoms with Gasteiger partial charge < -0.3 is 10.6 Å². The molecule has 12 nitrogen and oxygen atoms in total. The third kappa shape index (κ3) is 10.1. The van der Waals surface area contributed by atoms with Crippen LogP contribution >= 0.6 is 0 Å². The molecule has 30 heavy (non-hydrogen) atoms. The summed E-state index contributed by atoms with van der Waals surface area (Å²) in [6.45, 7) is -0.131. The fourth-order valence-corrected chi connectivity index (χ4v) is 3.98. The summed E-state index contributed by atoms with van der Waals surface area (Å²) in [4.78, 5) is 24.0. The van der Waals surface area contributed by atoms with E-state index in [-0.39, 0.29) is 42.8 Å². The number of nitrogens with two attached hydrogens (primary N) is 1. The van der Waals surface area contributed by atoms with Gasteiger partial charge in [-0.25, -0.2) is 22.0 Å². The Bertz CT molecular complexity index is 1040. The minimum absolute atomic E-state index is 0.00265. The van der Waals surface area contributed by atoms with E-state index in [1.165, 1.54) is 0 Å². The molecule has 170 valence electrons. The largest absolute Gasteiger partial charge is 0.352 e. The van der Waals surface area contributed by atoms with Gasteiger partial charge in [-0.15, -0.1) is 0 Å². The van der Waals surface area contributed by atoms with Crippen molar-refractivity contribution in [3.8, 4) is 0 Å². The molecule has 0 saturated carbocycles. The van der Waals surface area contributed by atoms with Gasteiger partial charge in [0, 0.05) is 30.5 Å². The van der Waals surface area contributed by atoms with Gasteiger partial charge >= 0.3 is 0 Å². The Balaban J connectivity index is 2.95. The van der Waals surface area contributed by atoms with Crippen molar-refractivity contribution in [1.82, 2.24) is 10.6 Å². The number of rotatable bonds is 11. The van der Waals surface area contributed by atoms with Crippen LogP contribution in [0.25, 0.3) is 0 Å². The van der Waals surface area contributed by atoms with Crippen molar-refractivity contribution >= 4 is 41.8 Å². The van der Waals surface area contributed by atoms with Gasteiger partial charge in [-0.2, -0.15) is 8.42 Å². The molecular weight excluding hydrogens is 462 g/mol. The second-order valence-corrected chi connectivity index (χ2v) is 11.8. The molecule has 0 atom stereocenters. The molecule has 0 radical (unpaired) electrons. The topological polar surface area (TPSA) is 207 Å². The first-order valence-corrected chi connectivity index (χ1v) is 13.7. The number of sulfone groups is 1. The van der Waals surface area contributed by atoms with E-state index in [9.17, 15) is 34.8 Å². The first-order valence-electron chi connectivity index (χ1n) is 8.46. The summed E-state index contributed by atoms with van der Waals surface area (Å²) < 4.78 is 75.5. The second kappa shape index (κ2) is 10.3. The number of benzene rings is 1. The molecule has 0 aliphatic carbocycles. The molecular formula is C15H23N3O9S3.